The summed E-state index contributed by atoms with van der Waals surface area (Å²) < 4.78 is 4.43. The first kappa shape index (κ1) is 31.5. The number of carbonyl (C=O) groups is 5. The fourth-order valence-electron chi connectivity index (χ4n) is 3.34. The zero-order chi connectivity index (χ0) is 27.8. The predicted molar refractivity (Wildman–Crippen MR) is 139 cm³/mol. The molecule has 3 amide bonds. The van der Waals surface area contributed by atoms with Crippen LogP contribution < -0.4 is 16.0 Å². The Morgan fingerprint density at radius 3 is 2.05 bits per heavy atom. The molecular weight excluding hydrogens is 478 g/mol. The molecule has 204 valence electrons. The molecule has 0 heterocycles. The van der Waals surface area contributed by atoms with Gasteiger partial charge in [-0.2, -0.15) is 0 Å². The molecule has 0 saturated heterocycles. The number of aliphatic hydroxyl groups excluding tert-OH is 1. The molecule has 4 N–H and O–H groups in total. The number of allylic oxidation sites excluding steroid dienone is 1. The van der Waals surface area contributed by atoms with Gasteiger partial charge in [-0.15, -0.1) is 0 Å². The number of anilines is 1. The van der Waals surface area contributed by atoms with Crippen molar-refractivity contribution in [3.8, 4) is 0 Å². The number of nitrogens with one attached hydrogen (secondary N) is 3. The van der Waals surface area contributed by atoms with Crippen molar-refractivity contribution >= 4 is 35.2 Å². The van der Waals surface area contributed by atoms with Gasteiger partial charge in [-0.1, -0.05) is 38.8 Å². The fraction of sp³-hybridized carbons (Fsp3) is 0.519. The molecule has 2 atom stereocenters. The summed E-state index contributed by atoms with van der Waals surface area (Å²) in [5, 5.41) is 17.2. The molecule has 0 spiro atoms. The topological polar surface area (TPSA) is 151 Å². The lowest BCUT2D eigenvalue weighted by atomic mass is 10.0. The van der Waals surface area contributed by atoms with Gasteiger partial charge in [-0.25, -0.2) is 4.79 Å². The summed E-state index contributed by atoms with van der Waals surface area (Å²) in [6.07, 6.45) is 5.62. The smallest absolute Gasteiger partial charge is 0.330 e. The standard InChI is InChI=1S/C27H39N3O7/c1-18(2)25(27(36)28-19(3)26(35)29-21-13-11-20(17-31)12-14-21)30-23(33)10-8-6-5-7-9-22(32)15-16-24(34)37-4/h11-16,18-19,25,31H,5-10,17H2,1-4H3,(H,28,36)(H,29,35)(H,30,33)/b16-15-/t19-,25-/m0/s1. The molecule has 0 aliphatic rings. The van der Waals surface area contributed by atoms with Gasteiger partial charge < -0.3 is 25.8 Å². The second-order valence-electron chi connectivity index (χ2n) is 9.10. The number of esters is 1. The van der Waals surface area contributed by atoms with Crippen molar-refractivity contribution in [2.75, 3.05) is 12.4 Å². The summed E-state index contributed by atoms with van der Waals surface area (Å²) in [7, 11) is 1.24. The summed E-state index contributed by atoms with van der Waals surface area (Å²) in [5.74, 6) is -2.02. The molecule has 0 radical (unpaired) electrons. The summed E-state index contributed by atoms with van der Waals surface area (Å²) in [4.78, 5) is 60.3. The van der Waals surface area contributed by atoms with Gasteiger partial charge in [0, 0.05) is 24.6 Å². The number of rotatable bonds is 16. The number of ether oxygens (including phenoxy) is 1. The van der Waals surface area contributed by atoms with E-state index in [4.69, 9.17) is 5.11 Å². The van der Waals surface area contributed by atoms with E-state index in [1.165, 1.54) is 13.2 Å². The predicted octanol–water partition coefficient (Wildman–Crippen LogP) is 2.40. The van der Waals surface area contributed by atoms with Crippen LogP contribution in [0.5, 0.6) is 0 Å². The lowest BCUT2D eigenvalue weighted by Crippen LogP contribution is -2.53. The highest BCUT2D eigenvalue weighted by atomic mass is 16.5. The molecule has 0 aromatic heterocycles. The van der Waals surface area contributed by atoms with Crippen molar-refractivity contribution in [2.45, 2.75) is 78.0 Å². The van der Waals surface area contributed by atoms with Gasteiger partial charge in [0.2, 0.25) is 17.7 Å². The average molecular weight is 518 g/mol. The van der Waals surface area contributed by atoms with E-state index in [0.29, 0.717) is 24.9 Å². The molecule has 37 heavy (non-hydrogen) atoms. The maximum absolute atomic E-state index is 12.8. The Balaban J connectivity index is 2.40. The number of methoxy groups -OCH3 is 1. The molecule has 1 aromatic rings. The number of aliphatic hydroxyl groups is 1. The zero-order valence-corrected chi connectivity index (χ0v) is 22.0. The number of benzene rings is 1. The first-order chi connectivity index (χ1) is 17.6. The molecule has 0 aliphatic heterocycles. The molecule has 10 heteroatoms. The van der Waals surface area contributed by atoms with Crippen molar-refractivity contribution in [3.63, 3.8) is 0 Å². The number of amides is 3. The van der Waals surface area contributed by atoms with E-state index >= 15 is 0 Å². The number of hydrogen-bond acceptors (Lipinski definition) is 7. The van der Waals surface area contributed by atoms with Crippen LogP contribution in [0.1, 0.15) is 64.9 Å². The first-order valence-electron chi connectivity index (χ1n) is 12.5. The number of unbranched alkanes of at least 4 members (excludes halogenated alkanes) is 3. The van der Waals surface area contributed by atoms with Crippen LogP contribution in [-0.2, 0) is 35.3 Å². The molecule has 0 aliphatic carbocycles. The van der Waals surface area contributed by atoms with E-state index in [1.54, 1.807) is 31.2 Å². The molecule has 0 unspecified atom stereocenters. The van der Waals surface area contributed by atoms with Crippen molar-refractivity contribution < 1.29 is 33.8 Å². The van der Waals surface area contributed by atoms with E-state index in [2.05, 4.69) is 20.7 Å². The monoisotopic (exact) mass is 517 g/mol. The Bertz CT molecular complexity index is 942. The number of hydrogen-bond donors (Lipinski definition) is 4. The van der Waals surface area contributed by atoms with Crippen molar-refractivity contribution in [1.29, 1.82) is 0 Å². The van der Waals surface area contributed by atoms with Crippen LogP contribution >= 0.6 is 0 Å². The summed E-state index contributed by atoms with van der Waals surface area (Å²) in [6, 6.07) is 5.09. The molecule has 0 saturated carbocycles. The molecule has 0 bridgehead atoms. The van der Waals surface area contributed by atoms with Gasteiger partial charge in [0.25, 0.3) is 0 Å². The van der Waals surface area contributed by atoms with Gasteiger partial charge in [-0.3, -0.25) is 19.2 Å². The Labute approximate surface area is 218 Å². The average Bonchev–Trinajstić information content (AvgIpc) is 2.87. The maximum atomic E-state index is 12.8. The van der Waals surface area contributed by atoms with Crippen LogP contribution in [0.4, 0.5) is 5.69 Å². The quantitative estimate of drug-likeness (QED) is 0.149. The lowest BCUT2D eigenvalue weighted by molar-refractivity contribution is -0.135. The number of ketones is 1. The summed E-state index contributed by atoms with van der Waals surface area (Å²) in [6.45, 7) is 5.08. The maximum Gasteiger partial charge on any atom is 0.330 e. The third kappa shape index (κ3) is 12.8. The second-order valence-corrected chi connectivity index (χ2v) is 9.10. The minimum absolute atomic E-state index is 0.0957. The Morgan fingerprint density at radius 1 is 0.865 bits per heavy atom. The van der Waals surface area contributed by atoms with Crippen LogP contribution in [0.25, 0.3) is 0 Å². The van der Waals surface area contributed by atoms with Crippen LogP contribution in [0.3, 0.4) is 0 Å². The fourth-order valence-corrected chi connectivity index (χ4v) is 3.34. The first-order valence-corrected chi connectivity index (χ1v) is 12.5. The molecule has 10 nitrogen and oxygen atoms in total. The van der Waals surface area contributed by atoms with Crippen molar-refractivity contribution in [1.82, 2.24) is 10.6 Å². The van der Waals surface area contributed by atoms with E-state index < -0.39 is 29.9 Å². The van der Waals surface area contributed by atoms with Gasteiger partial charge in [0.1, 0.15) is 12.1 Å². The van der Waals surface area contributed by atoms with Gasteiger partial charge in [0.05, 0.1) is 13.7 Å². The molecule has 1 aromatic carbocycles. The van der Waals surface area contributed by atoms with E-state index in [1.807, 2.05) is 13.8 Å². The minimum atomic E-state index is -0.826. The third-order valence-electron chi connectivity index (χ3n) is 5.61. The summed E-state index contributed by atoms with van der Waals surface area (Å²) >= 11 is 0. The zero-order valence-electron chi connectivity index (χ0n) is 22.0. The van der Waals surface area contributed by atoms with Gasteiger partial charge in [0.15, 0.2) is 5.78 Å². The van der Waals surface area contributed by atoms with E-state index in [-0.39, 0.29) is 30.6 Å². The third-order valence-corrected chi connectivity index (χ3v) is 5.61. The minimum Gasteiger partial charge on any atom is -0.466 e. The Morgan fingerprint density at radius 2 is 1.49 bits per heavy atom. The van der Waals surface area contributed by atoms with Crippen molar-refractivity contribution in [2.24, 2.45) is 5.92 Å². The van der Waals surface area contributed by atoms with Crippen molar-refractivity contribution in [3.05, 3.63) is 42.0 Å². The molecular formula is C27H39N3O7. The largest absolute Gasteiger partial charge is 0.466 e. The highest BCUT2D eigenvalue weighted by Crippen LogP contribution is 2.11. The van der Waals surface area contributed by atoms with Gasteiger partial charge in [-0.05, 0) is 49.5 Å². The van der Waals surface area contributed by atoms with Gasteiger partial charge >= 0.3 is 5.97 Å². The van der Waals surface area contributed by atoms with Crippen LogP contribution in [0.2, 0.25) is 0 Å². The lowest BCUT2D eigenvalue weighted by Gasteiger charge is -2.24. The molecule has 1 rings (SSSR count). The Kier molecular flexibility index (Phi) is 14.5. The number of carbonyl (C=O) groups excluding carboxylic acids is 5. The second kappa shape index (κ2) is 17.0. The normalized spacial score (nSPS) is 12.6. The van der Waals surface area contributed by atoms with E-state index in [0.717, 1.165) is 24.5 Å². The van der Waals surface area contributed by atoms with Crippen LogP contribution in [0, 0.1) is 5.92 Å². The van der Waals surface area contributed by atoms with Crippen LogP contribution in [-0.4, -0.2) is 53.8 Å². The Hall–Kier alpha value is -3.53. The van der Waals surface area contributed by atoms with E-state index in [9.17, 15) is 24.0 Å². The van der Waals surface area contributed by atoms with Crippen LogP contribution in [0.15, 0.2) is 36.4 Å². The molecule has 0 fully saturated rings. The summed E-state index contributed by atoms with van der Waals surface area (Å²) in [5.41, 5.74) is 1.26. The SMILES string of the molecule is COC(=O)/C=C\C(=O)CCCCCCC(=O)N[C@H](C(=O)N[C@@H](C)C(=O)Nc1ccc(CO)cc1)C(C)C. The highest BCUT2D eigenvalue weighted by molar-refractivity contribution is 5.98. The highest BCUT2D eigenvalue weighted by Gasteiger charge is 2.26.